The highest BCUT2D eigenvalue weighted by Crippen LogP contribution is 2.51. The molecule has 0 heterocycles. The van der Waals surface area contributed by atoms with Crippen molar-refractivity contribution in [2.75, 3.05) is 0 Å². The summed E-state index contributed by atoms with van der Waals surface area (Å²) in [5, 5.41) is 13.0. The number of hydrogen-bond donors (Lipinski definition) is 0. The van der Waals surface area contributed by atoms with Gasteiger partial charge < -0.3 is 0 Å². The van der Waals surface area contributed by atoms with E-state index in [2.05, 4.69) is 158 Å². The minimum atomic E-state index is 1.26. The molecule has 0 saturated carbocycles. The van der Waals surface area contributed by atoms with E-state index in [1.807, 2.05) is 0 Å². The van der Waals surface area contributed by atoms with E-state index in [0.717, 1.165) is 0 Å². The molecule has 0 saturated heterocycles. The van der Waals surface area contributed by atoms with Crippen molar-refractivity contribution in [3.8, 4) is 44.5 Å². The minimum absolute atomic E-state index is 1.26. The van der Waals surface area contributed by atoms with Gasteiger partial charge in [0.25, 0.3) is 0 Å². The van der Waals surface area contributed by atoms with Crippen molar-refractivity contribution in [1.82, 2.24) is 0 Å². The second-order valence-electron chi connectivity index (χ2n) is 12.0. The zero-order chi connectivity index (χ0) is 28.8. The molecule has 0 heteroatoms. The van der Waals surface area contributed by atoms with E-state index in [9.17, 15) is 0 Å². The molecule has 0 N–H and O–H groups in total. The number of hydrogen-bond acceptors (Lipinski definition) is 0. The largest absolute Gasteiger partial charge is 0.0616 e. The minimum Gasteiger partial charge on any atom is -0.0616 e. The van der Waals surface area contributed by atoms with E-state index >= 15 is 0 Å². The van der Waals surface area contributed by atoms with Crippen LogP contribution in [0.4, 0.5) is 0 Å². The van der Waals surface area contributed by atoms with Gasteiger partial charge in [0, 0.05) is 0 Å². The number of benzene rings is 9. The maximum absolute atomic E-state index is 2.42. The van der Waals surface area contributed by atoms with Gasteiger partial charge in [-0.15, -0.1) is 0 Å². The molecule has 0 atom stereocenters. The van der Waals surface area contributed by atoms with Gasteiger partial charge in [0.2, 0.25) is 0 Å². The van der Waals surface area contributed by atoms with Crippen LogP contribution in [0.15, 0.2) is 158 Å². The molecular formula is C44H26. The molecule has 0 bridgehead atoms. The normalized spacial score (nSPS) is 12.1. The first kappa shape index (κ1) is 23.8. The lowest BCUT2D eigenvalue weighted by Gasteiger charge is -2.14. The Morgan fingerprint density at radius 1 is 0.227 bits per heavy atom. The summed E-state index contributed by atoms with van der Waals surface area (Å²) >= 11 is 0. The van der Waals surface area contributed by atoms with Gasteiger partial charge in [-0.2, -0.15) is 0 Å². The van der Waals surface area contributed by atoms with Crippen molar-refractivity contribution >= 4 is 53.9 Å². The zero-order valence-electron chi connectivity index (χ0n) is 24.0. The van der Waals surface area contributed by atoms with Crippen molar-refractivity contribution in [3.63, 3.8) is 0 Å². The zero-order valence-corrected chi connectivity index (χ0v) is 24.0. The summed E-state index contributed by atoms with van der Waals surface area (Å²) in [6, 6.07) is 58.5. The van der Waals surface area contributed by atoms with Crippen molar-refractivity contribution in [3.05, 3.63) is 158 Å². The van der Waals surface area contributed by atoms with Crippen LogP contribution in [0.1, 0.15) is 0 Å². The molecule has 0 spiro atoms. The van der Waals surface area contributed by atoms with Crippen LogP contribution in [0.3, 0.4) is 0 Å². The molecule has 0 nitrogen and oxygen atoms in total. The van der Waals surface area contributed by atoms with Crippen molar-refractivity contribution in [2.24, 2.45) is 0 Å². The lowest BCUT2D eigenvalue weighted by atomic mass is 9.89. The Kier molecular flexibility index (Phi) is 4.81. The van der Waals surface area contributed by atoms with Crippen molar-refractivity contribution in [2.45, 2.75) is 0 Å². The van der Waals surface area contributed by atoms with Crippen LogP contribution in [0.25, 0.3) is 98.4 Å². The van der Waals surface area contributed by atoms with E-state index in [0.29, 0.717) is 0 Å². The van der Waals surface area contributed by atoms with Gasteiger partial charge in [-0.05, 0) is 117 Å². The van der Waals surface area contributed by atoms with Crippen LogP contribution in [0, 0.1) is 0 Å². The highest BCUT2D eigenvalue weighted by Gasteiger charge is 2.24. The third-order valence-corrected chi connectivity index (χ3v) is 9.78. The molecule has 9 aromatic rings. The fourth-order valence-electron chi connectivity index (χ4n) is 7.83. The predicted octanol–water partition coefficient (Wildman–Crippen LogP) is 12.4. The summed E-state index contributed by atoms with van der Waals surface area (Å²) in [4.78, 5) is 0. The Balaban J connectivity index is 1.21. The molecule has 202 valence electrons. The Morgan fingerprint density at radius 3 is 1.43 bits per heavy atom. The average Bonchev–Trinajstić information content (AvgIpc) is 3.42. The molecular weight excluding hydrogens is 528 g/mol. The summed E-state index contributed by atoms with van der Waals surface area (Å²) in [7, 11) is 0. The summed E-state index contributed by atoms with van der Waals surface area (Å²) in [5.41, 5.74) is 10.4. The molecule has 9 aromatic carbocycles. The molecule has 1 aliphatic rings. The molecule has 0 aromatic heterocycles. The fourth-order valence-corrected chi connectivity index (χ4v) is 7.83. The Labute approximate surface area is 255 Å². The van der Waals surface area contributed by atoms with Gasteiger partial charge in [0.15, 0.2) is 0 Å². The summed E-state index contributed by atoms with van der Waals surface area (Å²) in [6.45, 7) is 0. The third kappa shape index (κ3) is 3.23. The van der Waals surface area contributed by atoms with E-state index in [1.165, 1.54) is 98.4 Å². The summed E-state index contributed by atoms with van der Waals surface area (Å²) < 4.78 is 0. The van der Waals surface area contributed by atoms with Gasteiger partial charge in [-0.1, -0.05) is 140 Å². The smallest absolute Gasteiger partial charge is 0.00201 e. The Morgan fingerprint density at radius 2 is 0.727 bits per heavy atom. The summed E-state index contributed by atoms with van der Waals surface area (Å²) in [6.07, 6.45) is 0. The van der Waals surface area contributed by atoms with Crippen molar-refractivity contribution < 1.29 is 0 Å². The number of fused-ring (bicyclic) bond motifs is 9. The second kappa shape index (κ2) is 8.89. The topological polar surface area (TPSA) is 0 Å². The van der Waals surface area contributed by atoms with Crippen LogP contribution in [0.2, 0.25) is 0 Å². The first-order chi connectivity index (χ1) is 21.8. The monoisotopic (exact) mass is 554 g/mol. The van der Waals surface area contributed by atoms with Crippen LogP contribution in [0.5, 0.6) is 0 Å². The molecule has 0 fully saturated rings. The van der Waals surface area contributed by atoms with Crippen molar-refractivity contribution in [1.29, 1.82) is 0 Å². The predicted molar refractivity (Wildman–Crippen MR) is 189 cm³/mol. The fraction of sp³-hybridized carbons (Fsp3) is 0. The van der Waals surface area contributed by atoms with Gasteiger partial charge in [0.05, 0.1) is 0 Å². The number of rotatable bonds is 2. The highest BCUT2D eigenvalue weighted by atomic mass is 14.3. The standard InChI is InChI=1S/C44H26/c1-3-12-30-27(10-1)24-41(34-16-7-5-14-32(30)34)29-20-21-36-40-23-22-37(38-18-9-19-39(44(38)40)43(36)26-29)42-25-28-11-2-4-13-31(28)33-15-6-8-17-35(33)42/h1-26H. The maximum Gasteiger partial charge on any atom is -0.00201 e. The summed E-state index contributed by atoms with van der Waals surface area (Å²) in [5.74, 6) is 0. The maximum atomic E-state index is 2.42. The Hall–Kier alpha value is -5.72. The van der Waals surface area contributed by atoms with Crippen LogP contribution in [-0.4, -0.2) is 0 Å². The van der Waals surface area contributed by atoms with E-state index in [-0.39, 0.29) is 0 Å². The highest BCUT2D eigenvalue weighted by molar-refractivity contribution is 6.22. The third-order valence-electron chi connectivity index (χ3n) is 9.78. The second-order valence-corrected chi connectivity index (χ2v) is 12.0. The van der Waals surface area contributed by atoms with Gasteiger partial charge in [-0.25, -0.2) is 0 Å². The van der Waals surface area contributed by atoms with Crippen LogP contribution >= 0.6 is 0 Å². The SMILES string of the molecule is c1ccc2c(c1)cc(-c1ccc3c(c1)-c1cccc4c(-c5cc6ccccc6c6ccccc56)ccc-3c14)c1ccccc12. The molecule has 0 radical (unpaired) electrons. The first-order valence-corrected chi connectivity index (χ1v) is 15.4. The molecule has 1 aliphatic carbocycles. The quantitative estimate of drug-likeness (QED) is 0.186. The molecule has 10 rings (SSSR count). The van der Waals surface area contributed by atoms with Gasteiger partial charge in [-0.3, -0.25) is 0 Å². The Bertz CT molecular complexity index is 2650. The van der Waals surface area contributed by atoms with Gasteiger partial charge >= 0.3 is 0 Å². The van der Waals surface area contributed by atoms with E-state index in [4.69, 9.17) is 0 Å². The lowest BCUT2D eigenvalue weighted by molar-refractivity contribution is 1.66. The molecule has 44 heavy (non-hydrogen) atoms. The van der Waals surface area contributed by atoms with Gasteiger partial charge in [0.1, 0.15) is 0 Å². The van der Waals surface area contributed by atoms with E-state index in [1.54, 1.807) is 0 Å². The van der Waals surface area contributed by atoms with Crippen LogP contribution in [-0.2, 0) is 0 Å². The lowest BCUT2D eigenvalue weighted by Crippen LogP contribution is -1.87. The van der Waals surface area contributed by atoms with Crippen LogP contribution < -0.4 is 0 Å². The first-order valence-electron chi connectivity index (χ1n) is 15.4. The molecule has 0 amide bonds. The van der Waals surface area contributed by atoms with E-state index < -0.39 is 0 Å². The average molecular weight is 555 g/mol. The molecule has 0 unspecified atom stereocenters. The molecule has 0 aliphatic heterocycles.